The minimum atomic E-state index is -1.02. The first kappa shape index (κ1) is 30.4. The molecule has 3 amide bonds. The highest BCUT2D eigenvalue weighted by Crippen LogP contribution is 2.28. The van der Waals surface area contributed by atoms with E-state index >= 15 is 0 Å². The van der Waals surface area contributed by atoms with Gasteiger partial charge in [0.25, 0.3) is 5.91 Å². The highest BCUT2D eigenvalue weighted by molar-refractivity contribution is 7.98. The number of hydrogen-bond donors (Lipinski definition) is 2. The van der Waals surface area contributed by atoms with E-state index in [1.807, 2.05) is 38.3 Å². The normalized spacial score (nSPS) is 12.7. The molecule has 0 saturated carbocycles. The van der Waals surface area contributed by atoms with Crippen LogP contribution < -0.4 is 10.6 Å². The van der Waals surface area contributed by atoms with Crippen LogP contribution in [0, 0.1) is 26.3 Å². The molecule has 0 saturated heterocycles. The minimum absolute atomic E-state index is 0.342. The number of unbranched alkanes of at least 4 members (excludes halogenated alkanes) is 2. The molecule has 0 radical (unpaired) electrons. The van der Waals surface area contributed by atoms with Crippen LogP contribution in [0.4, 0.5) is 4.79 Å². The monoisotopic (exact) mass is 503 g/mol. The molecule has 2 N–H and O–H groups in total. The van der Waals surface area contributed by atoms with E-state index in [2.05, 4.69) is 23.6 Å². The SMILES string of the molecule is C#CN(C(=O)C(CCSC)NC(=O)OC(C)(C)C)C(C(=O)NCCCCC)c1c(C)cccc1C. The lowest BCUT2D eigenvalue weighted by molar-refractivity contribution is -0.138. The van der Waals surface area contributed by atoms with Crippen molar-refractivity contribution in [1.29, 1.82) is 0 Å². The number of amides is 3. The van der Waals surface area contributed by atoms with Gasteiger partial charge in [0, 0.05) is 12.6 Å². The topological polar surface area (TPSA) is 87.7 Å². The molecule has 35 heavy (non-hydrogen) atoms. The quantitative estimate of drug-likeness (QED) is 0.245. The second-order valence-corrected chi connectivity index (χ2v) is 10.5. The molecule has 0 bridgehead atoms. The van der Waals surface area contributed by atoms with Gasteiger partial charge < -0.3 is 15.4 Å². The Balaban J connectivity index is 3.37. The largest absolute Gasteiger partial charge is 0.444 e. The zero-order valence-corrected chi connectivity index (χ0v) is 23.0. The molecule has 0 heterocycles. The number of rotatable bonds is 12. The molecule has 0 fully saturated rings. The molecule has 7 nitrogen and oxygen atoms in total. The Hall–Kier alpha value is -2.66. The predicted octanol–water partition coefficient (Wildman–Crippen LogP) is 4.72. The number of carbonyl (C=O) groups excluding carboxylic acids is 3. The van der Waals surface area contributed by atoms with Crippen molar-refractivity contribution in [3.8, 4) is 12.5 Å². The van der Waals surface area contributed by atoms with Gasteiger partial charge in [0.15, 0.2) is 0 Å². The Morgan fingerprint density at radius 2 is 1.80 bits per heavy atom. The molecule has 0 aromatic heterocycles. The lowest BCUT2D eigenvalue weighted by Crippen LogP contribution is -2.52. The van der Waals surface area contributed by atoms with Crippen LogP contribution in [0.2, 0.25) is 0 Å². The summed E-state index contributed by atoms with van der Waals surface area (Å²) in [6, 6.07) is 6.17. The summed E-state index contributed by atoms with van der Waals surface area (Å²) in [4.78, 5) is 40.8. The third kappa shape index (κ3) is 9.85. The van der Waals surface area contributed by atoms with Crippen molar-refractivity contribution in [2.24, 2.45) is 0 Å². The molecule has 1 aromatic carbocycles. The Morgan fingerprint density at radius 1 is 1.17 bits per heavy atom. The van der Waals surface area contributed by atoms with Gasteiger partial charge in [0.2, 0.25) is 5.91 Å². The fourth-order valence-electron chi connectivity index (χ4n) is 3.70. The second-order valence-electron chi connectivity index (χ2n) is 9.52. The number of terminal acetylenes is 1. The first-order valence-electron chi connectivity index (χ1n) is 12.1. The molecule has 0 aliphatic carbocycles. The molecule has 2 unspecified atom stereocenters. The van der Waals surface area contributed by atoms with E-state index in [1.165, 1.54) is 0 Å². The van der Waals surface area contributed by atoms with Gasteiger partial charge in [0.1, 0.15) is 17.7 Å². The van der Waals surface area contributed by atoms with Gasteiger partial charge in [-0.25, -0.2) is 4.79 Å². The fourth-order valence-corrected chi connectivity index (χ4v) is 4.17. The van der Waals surface area contributed by atoms with Gasteiger partial charge in [0.05, 0.1) is 0 Å². The number of nitrogens with one attached hydrogen (secondary N) is 2. The molecular weight excluding hydrogens is 462 g/mol. The number of thioether (sulfide) groups is 1. The third-order valence-electron chi connectivity index (χ3n) is 5.38. The number of benzene rings is 1. The Labute approximate surface area is 215 Å². The molecule has 8 heteroatoms. The van der Waals surface area contributed by atoms with Crippen LogP contribution >= 0.6 is 11.8 Å². The minimum Gasteiger partial charge on any atom is -0.444 e. The Kier molecular flexibility index (Phi) is 12.7. The maximum Gasteiger partial charge on any atom is 0.408 e. The number of nitrogens with zero attached hydrogens (tertiary/aromatic N) is 1. The lowest BCUT2D eigenvalue weighted by atomic mass is 9.94. The van der Waals surface area contributed by atoms with Crippen molar-refractivity contribution in [3.63, 3.8) is 0 Å². The fraction of sp³-hybridized carbons (Fsp3) is 0.593. The van der Waals surface area contributed by atoms with Crippen molar-refractivity contribution >= 4 is 29.7 Å². The summed E-state index contributed by atoms with van der Waals surface area (Å²) in [6.07, 6.45) is 10.3. The maximum atomic E-state index is 13.7. The van der Waals surface area contributed by atoms with Crippen LogP contribution in [0.1, 0.15) is 76.1 Å². The van der Waals surface area contributed by atoms with Crippen LogP contribution in [0.5, 0.6) is 0 Å². The summed E-state index contributed by atoms with van der Waals surface area (Å²) in [5, 5.41) is 5.61. The number of carbonyl (C=O) groups is 3. The standard InChI is InChI=1S/C27H41N3O4S/c1-9-11-12-17-28-24(31)23(22-19(3)14-13-15-20(22)4)30(10-2)25(32)21(16-18-35-8)29-26(33)34-27(5,6)7/h2,13-15,21,23H,9,11-12,16-18H2,1,3-8H3,(H,28,31)(H,29,33). The molecule has 0 aliphatic heterocycles. The summed E-state index contributed by atoms with van der Waals surface area (Å²) < 4.78 is 5.36. The van der Waals surface area contributed by atoms with E-state index < -0.39 is 29.7 Å². The van der Waals surface area contributed by atoms with Gasteiger partial charge in [-0.2, -0.15) is 11.8 Å². The van der Waals surface area contributed by atoms with Crippen LogP contribution in [-0.2, 0) is 14.3 Å². The molecule has 0 aliphatic rings. The number of ether oxygens (including phenoxy) is 1. The van der Waals surface area contributed by atoms with Crippen molar-refractivity contribution in [2.75, 3.05) is 18.6 Å². The number of hydrogen-bond acceptors (Lipinski definition) is 5. The summed E-state index contributed by atoms with van der Waals surface area (Å²) in [5.74, 6) is -0.253. The third-order valence-corrected chi connectivity index (χ3v) is 6.02. The van der Waals surface area contributed by atoms with E-state index in [0.29, 0.717) is 24.3 Å². The Bertz CT molecular complexity index is 884. The van der Waals surface area contributed by atoms with E-state index in [4.69, 9.17) is 11.2 Å². The number of aryl methyl sites for hydroxylation is 2. The summed E-state index contributed by atoms with van der Waals surface area (Å²) in [7, 11) is 0. The Morgan fingerprint density at radius 3 is 2.31 bits per heavy atom. The van der Waals surface area contributed by atoms with Gasteiger partial charge in [-0.15, -0.1) is 0 Å². The van der Waals surface area contributed by atoms with Crippen LogP contribution in [0.3, 0.4) is 0 Å². The second kappa shape index (κ2) is 14.7. The summed E-state index contributed by atoms with van der Waals surface area (Å²) in [6.45, 7) is 11.6. The van der Waals surface area contributed by atoms with Crippen molar-refractivity contribution in [2.45, 2.75) is 84.9 Å². The van der Waals surface area contributed by atoms with Gasteiger partial charge in [-0.1, -0.05) is 44.4 Å². The zero-order valence-electron chi connectivity index (χ0n) is 22.2. The molecule has 1 aromatic rings. The molecule has 2 atom stereocenters. The summed E-state index contributed by atoms with van der Waals surface area (Å²) in [5.41, 5.74) is 1.68. The maximum absolute atomic E-state index is 13.7. The highest BCUT2D eigenvalue weighted by atomic mass is 32.2. The van der Waals surface area contributed by atoms with E-state index in [9.17, 15) is 14.4 Å². The molecule has 1 rings (SSSR count). The molecule has 0 spiro atoms. The highest BCUT2D eigenvalue weighted by Gasteiger charge is 2.37. The van der Waals surface area contributed by atoms with Gasteiger partial charge >= 0.3 is 6.09 Å². The lowest BCUT2D eigenvalue weighted by Gasteiger charge is -2.31. The van der Waals surface area contributed by atoms with Crippen LogP contribution in [0.25, 0.3) is 0 Å². The number of alkyl carbamates (subject to hydrolysis) is 1. The van der Waals surface area contributed by atoms with Gasteiger partial charge in [-0.05, 0) is 76.2 Å². The van der Waals surface area contributed by atoms with Crippen molar-refractivity contribution in [3.05, 3.63) is 34.9 Å². The zero-order chi connectivity index (χ0) is 26.6. The van der Waals surface area contributed by atoms with Crippen LogP contribution in [0.15, 0.2) is 18.2 Å². The average Bonchev–Trinajstić information content (AvgIpc) is 2.77. The van der Waals surface area contributed by atoms with E-state index in [1.54, 1.807) is 32.5 Å². The van der Waals surface area contributed by atoms with Crippen molar-refractivity contribution in [1.82, 2.24) is 15.5 Å². The van der Waals surface area contributed by atoms with E-state index in [0.717, 1.165) is 35.3 Å². The summed E-state index contributed by atoms with van der Waals surface area (Å²) >= 11 is 1.54. The first-order chi connectivity index (χ1) is 16.5. The first-order valence-corrected chi connectivity index (χ1v) is 13.5. The van der Waals surface area contributed by atoms with Crippen molar-refractivity contribution < 1.29 is 19.1 Å². The predicted molar refractivity (Wildman–Crippen MR) is 143 cm³/mol. The smallest absolute Gasteiger partial charge is 0.408 e. The van der Waals surface area contributed by atoms with Gasteiger partial charge in [-0.3, -0.25) is 14.5 Å². The average molecular weight is 504 g/mol. The van der Waals surface area contributed by atoms with E-state index in [-0.39, 0.29) is 5.91 Å². The molecular formula is C27H41N3O4S. The van der Waals surface area contributed by atoms with Crippen LogP contribution in [-0.4, -0.2) is 53.0 Å². The molecule has 194 valence electrons.